The fourth-order valence-electron chi connectivity index (χ4n) is 3.17. The fraction of sp³-hybridized carbons (Fsp3) is 0.353. The van der Waals surface area contributed by atoms with Gasteiger partial charge in [0.2, 0.25) is 10.0 Å². The number of aromatic nitrogens is 1. The number of anilines is 1. The fourth-order valence-corrected chi connectivity index (χ4v) is 3.85. The summed E-state index contributed by atoms with van der Waals surface area (Å²) in [6.07, 6.45) is 4.47. The predicted octanol–water partition coefficient (Wildman–Crippen LogP) is 2.88. The van der Waals surface area contributed by atoms with E-state index < -0.39 is 10.0 Å². The number of nitrogens with one attached hydrogen (secondary N) is 2. The molecule has 2 aromatic rings. The summed E-state index contributed by atoms with van der Waals surface area (Å²) in [5, 5.41) is 3.38. The van der Waals surface area contributed by atoms with Gasteiger partial charge in [-0.3, -0.25) is 0 Å². The molecule has 24 heavy (non-hydrogen) atoms. The van der Waals surface area contributed by atoms with Crippen molar-refractivity contribution in [2.75, 3.05) is 12.4 Å². The molecule has 1 heterocycles. The Hall–Kier alpha value is -1.99. The molecule has 1 fully saturated rings. The smallest absolute Gasteiger partial charge is 0.241 e. The van der Waals surface area contributed by atoms with E-state index in [2.05, 4.69) is 15.0 Å². The zero-order valence-electron chi connectivity index (χ0n) is 13.4. The van der Waals surface area contributed by atoms with Crippen molar-refractivity contribution in [3.05, 3.63) is 54.0 Å². The molecule has 7 heteroatoms. The quantitative estimate of drug-likeness (QED) is 0.871. The first-order chi connectivity index (χ1) is 11.5. The van der Waals surface area contributed by atoms with Crippen LogP contribution in [0.5, 0.6) is 0 Å². The monoisotopic (exact) mass is 349 g/mol. The van der Waals surface area contributed by atoms with E-state index in [1.165, 1.54) is 31.4 Å². The number of halogens is 1. The number of benzene rings is 1. The number of hydrogen-bond donors (Lipinski definition) is 2. The first kappa shape index (κ1) is 16.9. The third-order valence-corrected chi connectivity index (χ3v) is 5.86. The van der Waals surface area contributed by atoms with Crippen molar-refractivity contribution in [3.8, 4) is 0 Å². The molecule has 3 rings (SSSR count). The molecule has 5 nitrogen and oxygen atoms in total. The van der Waals surface area contributed by atoms with Gasteiger partial charge in [-0.2, -0.15) is 0 Å². The van der Waals surface area contributed by atoms with Crippen molar-refractivity contribution in [3.63, 3.8) is 0 Å². The van der Waals surface area contributed by atoms with Crippen molar-refractivity contribution in [2.24, 2.45) is 0 Å². The molecule has 1 aromatic carbocycles. The maximum absolute atomic E-state index is 13.1. The Bertz CT molecular complexity index is 792. The number of rotatable bonds is 5. The molecule has 1 saturated carbocycles. The second-order valence-electron chi connectivity index (χ2n) is 5.93. The largest absolute Gasteiger partial charge is 0.367 e. The number of sulfonamides is 1. The minimum Gasteiger partial charge on any atom is -0.367 e. The van der Waals surface area contributed by atoms with Gasteiger partial charge < -0.3 is 5.32 Å². The van der Waals surface area contributed by atoms with E-state index in [9.17, 15) is 12.8 Å². The van der Waals surface area contributed by atoms with Gasteiger partial charge in [0.15, 0.2) is 0 Å². The van der Waals surface area contributed by atoms with Crippen molar-refractivity contribution in [2.45, 2.75) is 36.1 Å². The minimum atomic E-state index is -3.48. The van der Waals surface area contributed by atoms with Gasteiger partial charge in [-0.1, -0.05) is 18.6 Å². The van der Waals surface area contributed by atoms with Crippen LogP contribution in [-0.4, -0.2) is 26.5 Å². The average Bonchev–Trinajstić information content (AvgIpc) is 3.04. The lowest BCUT2D eigenvalue weighted by atomic mass is 9.94. The molecule has 1 aromatic heterocycles. The van der Waals surface area contributed by atoms with Gasteiger partial charge in [0.25, 0.3) is 0 Å². The van der Waals surface area contributed by atoms with Gasteiger partial charge in [0, 0.05) is 18.2 Å². The molecule has 1 aliphatic rings. The molecule has 2 N–H and O–H groups in total. The molecule has 0 aliphatic heterocycles. The van der Waals surface area contributed by atoms with Crippen molar-refractivity contribution in [1.29, 1.82) is 0 Å². The highest BCUT2D eigenvalue weighted by Gasteiger charge is 2.28. The van der Waals surface area contributed by atoms with Crippen molar-refractivity contribution < 1.29 is 12.8 Å². The van der Waals surface area contributed by atoms with Gasteiger partial charge >= 0.3 is 0 Å². The Morgan fingerprint density at radius 1 is 1.12 bits per heavy atom. The van der Waals surface area contributed by atoms with E-state index in [0.29, 0.717) is 11.7 Å². The Morgan fingerprint density at radius 3 is 2.50 bits per heavy atom. The summed E-state index contributed by atoms with van der Waals surface area (Å²) < 4.78 is 38.8. The summed E-state index contributed by atoms with van der Waals surface area (Å²) in [6, 6.07) is 10.0. The van der Waals surface area contributed by atoms with Gasteiger partial charge in [-0.15, -0.1) is 0 Å². The molecule has 1 aliphatic carbocycles. The third kappa shape index (κ3) is 3.57. The van der Waals surface area contributed by atoms with Crippen molar-refractivity contribution in [1.82, 2.24) is 9.71 Å². The van der Waals surface area contributed by atoms with E-state index in [0.717, 1.165) is 24.8 Å². The lowest BCUT2D eigenvalue weighted by Crippen LogP contribution is -2.23. The summed E-state index contributed by atoms with van der Waals surface area (Å²) in [4.78, 5) is 4.34. The topological polar surface area (TPSA) is 71.1 Å². The maximum atomic E-state index is 13.1. The van der Waals surface area contributed by atoms with Crippen LogP contribution in [0.4, 0.5) is 10.2 Å². The van der Waals surface area contributed by atoms with Crippen molar-refractivity contribution >= 4 is 15.8 Å². The normalized spacial score (nSPS) is 20.9. The van der Waals surface area contributed by atoms with E-state index in [1.54, 1.807) is 6.07 Å². The molecule has 128 valence electrons. The van der Waals surface area contributed by atoms with Gasteiger partial charge in [-0.25, -0.2) is 22.5 Å². The standard InChI is InChI=1S/C17H20FN3O2S/c1-19-24(22,23)14-9-10-17(20-11-14)21-16-4-2-3-15(16)12-5-7-13(18)8-6-12/h5-11,15-16,19H,2-4H2,1H3,(H,20,21). The zero-order valence-corrected chi connectivity index (χ0v) is 14.2. The second-order valence-corrected chi connectivity index (χ2v) is 7.81. The van der Waals surface area contributed by atoms with E-state index >= 15 is 0 Å². The molecule has 2 atom stereocenters. The number of pyridine rings is 1. The Labute approximate surface area is 141 Å². The van der Waals surface area contributed by atoms with Crippen LogP contribution in [-0.2, 0) is 10.0 Å². The van der Waals surface area contributed by atoms with E-state index in [4.69, 9.17) is 0 Å². The van der Waals surface area contributed by atoms with E-state index in [1.807, 2.05) is 12.1 Å². The van der Waals surface area contributed by atoms with Crippen LogP contribution < -0.4 is 10.0 Å². The average molecular weight is 349 g/mol. The first-order valence-corrected chi connectivity index (χ1v) is 9.39. The first-order valence-electron chi connectivity index (χ1n) is 7.91. The van der Waals surface area contributed by atoms with Crippen LogP contribution >= 0.6 is 0 Å². The van der Waals surface area contributed by atoms with E-state index in [-0.39, 0.29) is 16.8 Å². The summed E-state index contributed by atoms with van der Waals surface area (Å²) >= 11 is 0. The minimum absolute atomic E-state index is 0.136. The summed E-state index contributed by atoms with van der Waals surface area (Å²) in [5.74, 6) is 0.710. The molecular formula is C17H20FN3O2S. The van der Waals surface area contributed by atoms with Crippen LogP contribution in [0.25, 0.3) is 0 Å². The lowest BCUT2D eigenvalue weighted by molar-refractivity contribution is 0.587. The van der Waals surface area contributed by atoms with Gasteiger partial charge in [0.05, 0.1) is 0 Å². The molecular weight excluding hydrogens is 329 g/mol. The summed E-state index contributed by atoms with van der Waals surface area (Å²) in [7, 11) is -2.11. The highest BCUT2D eigenvalue weighted by atomic mass is 32.2. The summed E-state index contributed by atoms with van der Waals surface area (Å²) in [6.45, 7) is 0. The third-order valence-electron chi connectivity index (χ3n) is 4.46. The van der Waals surface area contributed by atoms with Crippen LogP contribution in [0.2, 0.25) is 0 Å². The molecule has 0 bridgehead atoms. The highest BCUT2D eigenvalue weighted by molar-refractivity contribution is 7.89. The van der Waals surface area contributed by atoms with Crippen LogP contribution in [0.3, 0.4) is 0 Å². The molecule has 0 radical (unpaired) electrons. The number of hydrogen-bond acceptors (Lipinski definition) is 4. The number of nitrogens with zero attached hydrogens (tertiary/aromatic N) is 1. The lowest BCUT2D eigenvalue weighted by Gasteiger charge is -2.22. The summed E-state index contributed by atoms with van der Waals surface area (Å²) in [5.41, 5.74) is 1.11. The van der Waals surface area contributed by atoms with Crippen LogP contribution in [0.1, 0.15) is 30.7 Å². The Kier molecular flexibility index (Phi) is 4.82. The molecule has 0 spiro atoms. The second kappa shape index (κ2) is 6.86. The van der Waals surface area contributed by atoms with Crippen LogP contribution in [0, 0.1) is 5.82 Å². The highest BCUT2D eigenvalue weighted by Crippen LogP contribution is 2.36. The maximum Gasteiger partial charge on any atom is 0.241 e. The Morgan fingerprint density at radius 2 is 1.88 bits per heavy atom. The predicted molar refractivity (Wildman–Crippen MR) is 90.9 cm³/mol. The Balaban J connectivity index is 1.74. The molecule has 0 amide bonds. The molecule has 0 saturated heterocycles. The van der Waals surface area contributed by atoms with Crippen LogP contribution in [0.15, 0.2) is 47.5 Å². The molecule has 2 unspecified atom stereocenters. The van der Waals surface area contributed by atoms with Gasteiger partial charge in [-0.05, 0) is 49.7 Å². The SMILES string of the molecule is CNS(=O)(=O)c1ccc(NC2CCCC2c2ccc(F)cc2)nc1. The zero-order chi connectivity index (χ0) is 17.2. The van der Waals surface area contributed by atoms with Gasteiger partial charge in [0.1, 0.15) is 16.5 Å².